The van der Waals surface area contributed by atoms with Gasteiger partial charge >= 0.3 is 0 Å². The maximum Gasteiger partial charge on any atom is 0.192 e. The van der Waals surface area contributed by atoms with Crippen LogP contribution >= 0.6 is 15.9 Å². The minimum Gasteiger partial charge on any atom is -0.452 e. The van der Waals surface area contributed by atoms with Gasteiger partial charge in [0.15, 0.2) is 10.6 Å². The molecule has 0 radical (unpaired) electrons. The molecule has 2 heterocycles. The molecule has 1 atom stereocenters. The summed E-state index contributed by atoms with van der Waals surface area (Å²) in [5, 5.41) is 0. The second-order valence-electron chi connectivity index (χ2n) is 6.07. The highest BCUT2D eigenvalue weighted by molar-refractivity contribution is 9.10. The van der Waals surface area contributed by atoms with Gasteiger partial charge in [-0.25, -0.2) is 0 Å². The largest absolute Gasteiger partial charge is 0.452 e. The summed E-state index contributed by atoms with van der Waals surface area (Å²) in [6.45, 7) is 2.86. The lowest BCUT2D eigenvalue weighted by molar-refractivity contribution is 0.127. The Kier molecular flexibility index (Phi) is 3.80. The Hall–Kier alpha value is -0.970. The van der Waals surface area contributed by atoms with Gasteiger partial charge in [-0.3, -0.25) is 4.99 Å². The van der Waals surface area contributed by atoms with Crippen molar-refractivity contribution in [3.63, 3.8) is 0 Å². The van der Waals surface area contributed by atoms with Gasteiger partial charge in [-0.05, 0) is 47.8 Å². The van der Waals surface area contributed by atoms with Crippen molar-refractivity contribution in [2.75, 3.05) is 6.54 Å². The number of rotatable bonds is 2. The number of halogens is 1. The molecule has 1 aromatic heterocycles. The van der Waals surface area contributed by atoms with E-state index in [-0.39, 0.29) is 5.54 Å². The van der Waals surface area contributed by atoms with E-state index in [2.05, 4.69) is 32.7 Å². The fourth-order valence-electron chi connectivity index (χ4n) is 3.55. The number of hydrogen-bond donors (Lipinski definition) is 1. The molecule has 1 aromatic rings. The van der Waals surface area contributed by atoms with Crippen molar-refractivity contribution in [1.29, 1.82) is 0 Å². The molecule has 1 saturated carbocycles. The Labute approximate surface area is 128 Å². The van der Waals surface area contributed by atoms with Gasteiger partial charge < -0.3 is 15.1 Å². The van der Waals surface area contributed by atoms with Crippen molar-refractivity contribution in [3.8, 4) is 0 Å². The molecule has 0 spiro atoms. The molecule has 1 aliphatic heterocycles. The zero-order valence-electron chi connectivity index (χ0n) is 11.9. The summed E-state index contributed by atoms with van der Waals surface area (Å²) < 4.78 is 6.58. The first-order chi connectivity index (χ1) is 9.61. The molecule has 1 fully saturated rings. The van der Waals surface area contributed by atoms with E-state index in [0.29, 0.717) is 18.5 Å². The Morgan fingerprint density at radius 1 is 1.30 bits per heavy atom. The molecule has 1 unspecified atom stereocenters. The number of hydrogen-bond acceptors (Lipinski definition) is 4. The average molecular weight is 340 g/mol. The maximum atomic E-state index is 6.20. The second kappa shape index (κ2) is 5.43. The summed E-state index contributed by atoms with van der Waals surface area (Å²) in [6, 6.07) is 4.46. The third kappa shape index (κ3) is 2.36. The lowest BCUT2D eigenvalue weighted by Gasteiger charge is -2.40. The maximum absolute atomic E-state index is 6.20. The van der Waals surface area contributed by atoms with E-state index in [1.165, 1.54) is 38.5 Å². The first-order valence-corrected chi connectivity index (χ1v) is 8.25. The predicted molar refractivity (Wildman–Crippen MR) is 83.6 cm³/mol. The Balaban J connectivity index is 1.90. The third-order valence-electron chi connectivity index (χ3n) is 4.62. The van der Waals surface area contributed by atoms with E-state index in [9.17, 15) is 0 Å². The molecule has 5 heteroatoms. The number of nitrogens with two attached hydrogens (primary N) is 1. The fraction of sp³-hybridized carbons (Fsp3) is 0.667. The molecular weight excluding hydrogens is 318 g/mol. The number of guanidine groups is 1. The SMILES string of the molecule is CC1(c2ccc(Br)o2)CN=C(N)N1C1CCCCCC1. The molecule has 110 valence electrons. The van der Waals surface area contributed by atoms with Crippen LogP contribution in [0.3, 0.4) is 0 Å². The lowest BCUT2D eigenvalue weighted by Crippen LogP contribution is -2.52. The first kappa shape index (κ1) is 14.0. The van der Waals surface area contributed by atoms with Crippen molar-refractivity contribution in [2.24, 2.45) is 10.7 Å². The fourth-order valence-corrected chi connectivity index (χ4v) is 3.85. The number of nitrogens with zero attached hydrogens (tertiary/aromatic N) is 2. The van der Waals surface area contributed by atoms with Crippen LogP contribution < -0.4 is 5.73 Å². The topological polar surface area (TPSA) is 54.8 Å². The first-order valence-electron chi connectivity index (χ1n) is 7.46. The average Bonchev–Trinajstić information content (AvgIpc) is 2.86. The zero-order valence-corrected chi connectivity index (χ0v) is 13.5. The normalized spacial score (nSPS) is 28.5. The highest BCUT2D eigenvalue weighted by Crippen LogP contribution is 2.39. The van der Waals surface area contributed by atoms with Crippen LogP contribution in [0.5, 0.6) is 0 Å². The van der Waals surface area contributed by atoms with Gasteiger partial charge in [-0.15, -0.1) is 0 Å². The highest BCUT2D eigenvalue weighted by Gasteiger charge is 2.45. The van der Waals surface area contributed by atoms with E-state index < -0.39 is 0 Å². The van der Waals surface area contributed by atoms with Crippen molar-refractivity contribution in [3.05, 3.63) is 22.6 Å². The standard InChI is InChI=1S/C15H22BrN3O/c1-15(12-8-9-13(16)20-12)10-18-14(17)19(15)11-6-4-2-3-5-7-11/h8-9,11H,2-7,10H2,1H3,(H2,17,18). The van der Waals surface area contributed by atoms with E-state index in [1.807, 2.05) is 12.1 Å². The van der Waals surface area contributed by atoms with Crippen LogP contribution in [0.1, 0.15) is 51.2 Å². The molecule has 2 aliphatic rings. The summed E-state index contributed by atoms with van der Waals surface area (Å²) in [4.78, 5) is 6.82. The Morgan fingerprint density at radius 2 is 2.00 bits per heavy atom. The molecule has 0 saturated heterocycles. The van der Waals surface area contributed by atoms with E-state index in [0.717, 1.165) is 10.4 Å². The lowest BCUT2D eigenvalue weighted by atomic mass is 9.93. The molecule has 2 N–H and O–H groups in total. The van der Waals surface area contributed by atoms with Crippen LogP contribution in [0.25, 0.3) is 0 Å². The van der Waals surface area contributed by atoms with Crippen LogP contribution in [0, 0.1) is 0 Å². The Bertz CT molecular complexity index is 505. The molecule has 3 rings (SSSR count). The molecule has 20 heavy (non-hydrogen) atoms. The summed E-state index contributed by atoms with van der Waals surface area (Å²) in [6.07, 6.45) is 7.65. The Morgan fingerprint density at radius 3 is 2.60 bits per heavy atom. The smallest absolute Gasteiger partial charge is 0.192 e. The summed E-state index contributed by atoms with van der Waals surface area (Å²) in [5.74, 6) is 1.62. The van der Waals surface area contributed by atoms with Crippen LogP contribution in [0.2, 0.25) is 0 Å². The minimum absolute atomic E-state index is 0.245. The van der Waals surface area contributed by atoms with Crippen LogP contribution in [-0.4, -0.2) is 23.4 Å². The number of furan rings is 1. The zero-order chi connectivity index (χ0) is 14.2. The van der Waals surface area contributed by atoms with Gasteiger partial charge in [-0.2, -0.15) is 0 Å². The van der Waals surface area contributed by atoms with Gasteiger partial charge in [0.1, 0.15) is 11.3 Å². The number of aliphatic imine (C=N–C) groups is 1. The minimum atomic E-state index is -0.245. The van der Waals surface area contributed by atoms with Crippen LogP contribution in [0.4, 0.5) is 0 Å². The van der Waals surface area contributed by atoms with E-state index in [4.69, 9.17) is 10.2 Å². The predicted octanol–water partition coefficient (Wildman–Crippen LogP) is 3.61. The van der Waals surface area contributed by atoms with Gasteiger partial charge in [0.25, 0.3) is 0 Å². The second-order valence-corrected chi connectivity index (χ2v) is 6.85. The van der Waals surface area contributed by atoms with E-state index in [1.54, 1.807) is 0 Å². The summed E-state index contributed by atoms with van der Waals surface area (Å²) in [5.41, 5.74) is 5.96. The molecular formula is C15H22BrN3O. The quantitative estimate of drug-likeness (QED) is 0.837. The van der Waals surface area contributed by atoms with Crippen molar-refractivity contribution < 1.29 is 4.42 Å². The molecule has 4 nitrogen and oxygen atoms in total. The molecule has 1 aliphatic carbocycles. The van der Waals surface area contributed by atoms with Crippen molar-refractivity contribution in [1.82, 2.24) is 4.90 Å². The van der Waals surface area contributed by atoms with Crippen LogP contribution in [-0.2, 0) is 5.54 Å². The van der Waals surface area contributed by atoms with Crippen LogP contribution in [0.15, 0.2) is 26.2 Å². The third-order valence-corrected chi connectivity index (χ3v) is 5.05. The van der Waals surface area contributed by atoms with Crippen molar-refractivity contribution in [2.45, 2.75) is 57.0 Å². The van der Waals surface area contributed by atoms with Gasteiger partial charge in [0, 0.05) is 6.04 Å². The summed E-state index contributed by atoms with van der Waals surface area (Å²) in [7, 11) is 0. The van der Waals surface area contributed by atoms with Gasteiger partial charge in [0.2, 0.25) is 0 Å². The molecule has 0 aromatic carbocycles. The molecule has 0 amide bonds. The van der Waals surface area contributed by atoms with Gasteiger partial charge in [-0.1, -0.05) is 25.7 Å². The highest BCUT2D eigenvalue weighted by atomic mass is 79.9. The molecule has 0 bridgehead atoms. The van der Waals surface area contributed by atoms with Gasteiger partial charge in [0.05, 0.1) is 6.54 Å². The van der Waals surface area contributed by atoms with Crippen molar-refractivity contribution >= 4 is 21.9 Å². The summed E-state index contributed by atoms with van der Waals surface area (Å²) >= 11 is 3.39. The van der Waals surface area contributed by atoms with E-state index >= 15 is 0 Å². The monoisotopic (exact) mass is 339 g/mol.